The van der Waals surface area contributed by atoms with E-state index in [1.165, 1.54) is 0 Å². The molecule has 0 amide bonds. The molecule has 12 heavy (non-hydrogen) atoms. The fourth-order valence-corrected chi connectivity index (χ4v) is 0.655. The molecule has 0 unspecified atom stereocenters. The molecule has 0 bridgehead atoms. The normalized spacial score (nSPS) is 14.8. The zero-order valence-corrected chi connectivity index (χ0v) is 7.70. The third-order valence-electron chi connectivity index (χ3n) is 1.32. The van der Waals surface area contributed by atoms with E-state index >= 15 is 0 Å². The van der Waals surface area contributed by atoms with E-state index in [9.17, 15) is 0 Å². The molecule has 0 fully saturated rings. The maximum Gasteiger partial charge on any atom is 0.146 e. The van der Waals surface area contributed by atoms with Crippen molar-refractivity contribution in [3.8, 4) is 0 Å². The van der Waals surface area contributed by atoms with Gasteiger partial charge in [0.1, 0.15) is 11.5 Å². The first-order valence-corrected chi connectivity index (χ1v) is 3.56. The van der Waals surface area contributed by atoms with Crippen LogP contribution in [0.15, 0.2) is 26.4 Å². The number of nitrogens with zero attached hydrogens (tertiary/aromatic N) is 3. The summed E-state index contributed by atoms with van der Waals surface area (Å²) >= 11 is 0. The summed E-state index contributed by atoms with van der Waals surface area (Å²) in [6.45, 7) is 6.98. The first-order chi connectivity index (χ1) is 5.67. The van der Waals surface area contributed by atoms with Gasteiger partial charge in [-0.1, -0.05) is 0 Å². The zero-order chi connectivity index (χ0) is 9.56. The molecule has 0 aromatic heterocycles. The molecule has 0 spiro atoms. The van der Waals surface area contributed by atoms with Crippen molar-refractivity contribution in [2.75, 3.05) is 7.05 Å². The van der Waals surface area contributed by atoms with Gasteiger partial charge in [-0.25, -0.2) is 0 Å². The Balaban J connectivity index is 5.04. The molecule has 0 aromatic carbocycles. The summed E-state index contributed by atoms with van der Waals surface area (Å²) in [6, 6.07) is 0. The number of aliphatic imine (C=N–C) groups is 3. The Morgan fingerprint density at radius 1 is 1.50 bits per heavy atom. The molecule has 0 atom stereocenters. The number of allylic oxidation sites excluding steroid dienone is 1. The molecule has 0 aliphatic carbocycles. The van der Waals surface area contributed by atoms with Gasteiger partial charge in [-0.15, -0.1) is 0 Å². The maximum absolute atomic E-state index is 5.57. The lowest BCUT2D eigenvalue weighted by molar-refractivity contribution is 1.21. The van der Waals surface area contributed by atoms with E-state index in [1.807, 2.05) is 0 Å². The first kappa shape index (κ1) is 10.6. The molecular formula is C8H14N4. The van der Waals surface area contributed by atoms with Gasteiger partial charge >= 0.3 is 0 Å². The maximum atomic E-state index is 5.57. The summed E-state index contributed by atoms with van der Waals surface area (Å²) in [7, 11) is 1.61. The number of hydrogen-bond donors (Lipinski definition) is 1. The van der Waals surface area contributed by atoms with Crippen LogP contribution in [0.3, 0.4) is 0 Å². The van der Waals surface area contributed by atoms with E-state index in [4.69, 9.17) is 5.73 Å². The quantitative estimate of drug-likeness (QED) is 0.493. The summed E-state index contributed by atoms with van der Waals surface area (Å²) in [5.74, 6) is 0.373. The molecule has 4 nitrogen and oxygen atoms in total. The number of amidine groups is 1. The van der Waals surface area contributed by atoms with Gasteiger partial charge in [0.25, 0.3) is 0 Å². The number of hydrogen-bond acceptors (Lipinski definition) is 3. The van der Waals surface area contributed by atoms with E-state index in [0.717, 1.165) is 0 Å². The predicted octanol–water partition coefficient (Wildman–Crippen LogP) is 0.996. The second-order valence-electron chi connectivity index (χ2n) is 2.09. The fourth-order valence-electron chi connectivity index (χ4n) is 0.655. The van der Waals surface area contributed by atoms with E-state index in [0.29, 0.717) is 17.2 Å². The molecule has 0 saturated heterocycles. The molecule has 2 N–H and O–H groups in total. The predicted molar refractivity (Wildman–Crippen MR) is 54.0 cm³/mol. The Hall–Kier alpha value is -1.45. The molecule has 0 saturated carbocycles. The van der Waals surface area contributed by atoms with Crippen LogP contribution in [0.1, 0.15) is 13.8 Å². The van der Waals surface area contributed by atoms with Crippen LogP contribution < -0.4 is 5.73 Å². The van der Waals surface area contributed by atoms with Crippen molar-refractivity contribution in [1.82, 2.24) is 0 Å². The third kappa shape index (κ3) is 2.65. The summed E-state index contributed by atoms with van der Waals surface area (Å²) in [5, 5.41) is 0. The molecule has 66 valence electrons. The fraction of sp³-hybridized carbons (Fsp3) is 0.375. The minimum Gasteiger partial charge on any atom is -0.382 e. The average molecular weight is 166 g/mol. The van der Waals surface area contributed by atoms with Crippen LogP contribution >= 0.6 is 0 Å². The Kier molecular flexibility index (Phi) is 4.60. The van der Waals surface area contributed by atoms with Crippen LogP contribution in [0.2, 0.25) is 0 Å². The SMILES string of the molecule is C=N/C(C)=C(/N=CC)C(N)=NC. The highest BCUT2D eigenvalue weighted by molar-refractivity contribution is 5.98. The Labute approximate surface area is 72.6 Å². The smallest absolute Gasteiger partial charge is 0.146 e. The van der Waals surface area contributed by atoms with Crippen LogP contribution in [0.25, 0.3) is 0 Å². The van der Waals surface area contributed by atoms with Crippen molar-refractivity contribution in [2.45, 2.75) is 13.8 Å². The molecule has 4 heteroatoms. The van der Waals surface area contributed by atoms with Crippen LogP contribution in [-0.4, -0.2) is 25.8 Å². The van der Waals surface area contributed by atoms with Gasteiger partial charge in [0, 0.05) is 13.3 Å². The molecule has 0 radical (unpaired) electrons. The Bertz CT molecular complexity index is 248. The molecule has 0 rings (SSSR count). The highest BCUT2D eigenvalue weighted by Crippen LogP contribution is 2.05. The van der Waals surface area contributed by atoms with Crippen molar-refractivity contribution in [1.29, 1.82) is 0 Å². The van der Waals surface area contributed by atoms with E-state index in [1.54, 1.807) is 27.1 Å². The second-order valence-corrected chi connectivity index (χ2v) is 2.09. The number of rotatable bonds is 3. The lowest BCUT2D eigenvalue weighted by Gasteiger charge is -2.01. The standard InChI is InChI=1S/C8H14N4/c1-5-12-7(6(2)10-3)8(9)11-4/h5H,3H2,1-2,4H3,(H2,9,11)/b7-6+,12-5?. The average Bonchev–Trinajstić information content (AvgIpc) is 2.11. The van der Waals surface area contributed by atoms with Crippen molar-refractivity contribution in [2.24, 2.45) is 20.7 Å². The number of nitrogens with two attached hydrogens (primary N) is 1. The van der Waals surface area contributed by atoms with Crippen LogP contribution in [0.4, 0.5) is 0 Å². The minimum absolute atomic E-state index is 0.373. The topological polar surface area (TPSA) is 63.1 Å². The van der Waals surface area contributed by atoms with Gasteiger partial charge in [0.15, 0.2) is 0 Å². The van der Waals surface area contributed by atoms with Crippen LogP contribution in [0.5, 0.6) is 0 Å². The van der Waals surface area contributed by atoms with Gasteiger partial charge < -0.3 is 5.73 Å². The summed E-state index contributed by atoms with van der Waals surface area (Å²) in [4.78, 5) is 11.6. The van der Waals surface area contributed by atoms with Crippen molar-refractivity contribution in [3.63, 3.8) is 0 Å². The van der Waals surface area contributed by atoms with Crippen molar-refractivity contribution in [3.05, 3.63) is 11.4 Å². The largest absolute Gasteiger partial charge is 0.382 e. The lowest BCUT2D eigenvalue weighted by atomic mass is 10.3. The highest BCUT2D eigenvalue weighted by atomic mass is 14.9. The van der Waals surface area contributed by atoms with Gasteiger partial charge in [-0.3, -0.25) is 15.0 Å². The van der Waals surface area contributed by atoms with Gasteiger partial charge in [-0.2, -0.15) is 0 Å². The lowest BCUT2D eigenvalue weighted by Crippen LogP contribution is -2.14. The summed E-state index contributed by atoms with van der Waals surface area (Å²) in [6.07, 6.45) is 1.64. The molecule has 0 aromatic rings. The van der Waals surface area contributed by atoms with Gasteiger partial charge in [-0.05, 0) is 20.6 Å². The van der Waals surface area contributed by atoms with E-state index < -0.39 is 0 Å². The Morgan fingerprint density at radius 2 is 2.08 bits per heavy atom. The van der Waals surface area contributed by atoms with Crippen LogP contribution in [0, 0.1) is 0 Å². The molecule has 0 aliphatic rings. The van der Waals surface area contributed by atoms with Crippen LogP contribution in [-0.2, 0) is 0 Å². The van der Waals surface area contributed by atoms with Gasteiger partial charge in [0.05, 0.1) is 5.70 Å². The summed E-state index contributed by atoms with van der Waals surface area (Å²) < 4.78 is 0. The first-order valence-electron chi connectivity index (χ1n) is 3.56. The zero-order valence-electron chi connectivity index (χ0n) is 7.70. The second kappa shape index (κ2) is 5.23. The van der Waals surface area contributed by atoms with E-state index in [-0.39, 0.29) is 0 Å². The summed E-state index contributed by atoms with van der Waals surface area (Å²) in [5.41, 5.74) is 6.83. The van der Waals surface area contributed by atoms with Gasteiger partial charge in [0.2, 0.25) is 0 Å². The van der Waals surface area contributed by atoms with Crippen molar-refractivity contribution >= 4 is 18.8 Å². The third-order valence-corrected chi connectivity index (χ3v) is 1.32. The molecular weight excluding hydrogens is 152 g/mol. The van der Waals surface area contributed by atoms with Crippen molar-refractivity contribution < 1.29 is 0 Å². The van der Waals surface area contributed by atoms with E-state index in [2.05, 4.69) is 21.7 Å². The monoisotopic (exact) mass is 166 g/mol. The highest BCUT2D eigenvalue weighted by Gasteiger charge is 2.02. The minimum atomic E-state index is 0.373. The Morgan fingerprint density at radius 3 is 2.42 bits per heavy atom. The molecule has 0 heterocycles. The molecule has 0 aliphatic heterocycles.